The van der Waals surface area contributed by atoms with Crippen molar-refractivity contribution in [2.75, 3.05) is 11.1 Å². The lowest BCUT2D eigenvalue weighted by atomic mass is 10.1. The number of aromatic nitrogens is 3. The van der Waals surface area contributed by atoms with Crippen LogP contribution in [-0.4, -0.2) is 32.3 Å². The third kappa shape index (κ3) is 5.91. The van der Waals surface area contributed by atoms with Gasteiger partial charge in [0.15, 0.2) is 11.0 Å². The molecule has 2 N–H and O–H groups in total. The molecule has 0 radical (unpaired) electrons. The maximum absolute atomic E-state index is 12.3. The summed E-state index contributed by atoms with van der Waals surface area (Å²) in [7, 11) is 1.81. The predicted molar refractivity (Wildman–Crippen MR) is 117 cm³/mol. The number of hydrogen-bond acceptors (Lipinski definition) is 5. The van der Waals surface area contributed by atoms with E-state index in [4.69, 9.17) is 0 Å². The van der Waals surface area contributed by atoms with Crippen LogP contribution in [-0.2, 0) is 18.4 Å². The number of nitrogens with one attached hydrogen (secondary N) is 2. The highest BCUT2D eigenvalue weighted by molar-refractivity contribution is 9.10. The summed E-state index contributed by atoms with van der Waals surface area (Å²) in [4.78, 5) is 24.4. The fourth-order valence-corrected chi connectivity index (χ4v) is 3.69. The van der Waals surface area contributed by atoms with Crippen LogP contribution in [0.1, 0.15) is 21.7 Å². The number of carbonyl (C=O) groups excluding carboxylic acids is 2. The number of hydrogen-bond donors (Lipinski definition) is 2. The molecule has 0 unspecified atom stereocenters. The van der Waals surface area contributed by atoms with Gasteiger partial charge in [0.25, 0.3) is 5.91 Å². The van der Waals surface area contributed by atoms with Gasteiger partial charge in [-0.05, 0) is 37.3 Å². The number of nitrogens with zero attached hydrogens (tertiary/aromatic N) is 3. The molecule has 9 heteroatoms. The molecule has 0 spiro atoms. The van der Waals surface area contributed by atoms with Gasteiger partial charge in [-0.3, -0.25) is 9.59 Å². The number of anilines is 1. The highest BCUT2D eigenvalue weighted by atomic mass is 79.9. The van der Waals surface area contributed by atoms with Crippen molar-refractivity contribution in [2.24, 2.45) is 7.05 Å². The van der Waals surface area contributed by atoms with E-state index in [-0.39, 0.29) is 24.1 Å². The molecule has 2 amide bonds. The lowest BCUT2D eigenvalue weighted by molar-refractivity contribution is -0.113. The second-order valence-corrected chi connectivity index (χ2v) is 8.22. The number of rotatable bonds is 7. The van der Waals surface area contributed by atoms with Gasteiger partial charge < -0.3 is 15.2 Å². The molecule has 7 nitrogen and oxygen atoms in total. The van der Waals surface area contributed by atoms with Gasteiger partial charge in [-0.25, -0.2) is 0 Å². The van der Waals surface area contributed by atoms with Crippen LogP contribution in [0.15, 0.2) is 58.2 Å². The fourth-order valence-electron chi connectivity index (χ4n) is 2.57. The molecule has 150 valence electrons. The Morgan fingerprint density at radius 2 is 1.93 bits per heavy atom. The molecule has 3 aromatic rings. The van der Waals surface area contributed by atoms with Crippen LogP contribution < -0.4 is 10.6 Å². The Labute approximate surface area is 181 Å². The molecule has 0 saturated heterocycles. The summed E-state index contributed by atoms with van der Waals surface area (Å²) < 4.78 is 2.67. The van der Waals surface area contributed by atoms with Crippen LogP contribution in [0.5, 0.6) is 0 Å². The zero-order chi connectivity index (χ0) is 20.8. The van der Waals surface area contributed by atoms with Crippen molar-refractivity contribution in [1.29, 1.82) is 0 Å². The summed E-state index contributed by atoms with van der Waals surface area (Å²) >= 11 is 4.66. The second-order valence-electron chi connectivity index (χ2n) is 6.36. The van der Waals surface area contributed by atoms with Gasteiger partial charge in [-0.2, -0.15) is 0 Å². The van der Waals surface area contributed by atoms with E-state index in [1.54, 1.807) is 10.6 Å². The van der Waals surface area contributed by atoms with Crippen LogP contribution in [0, 0.1) is 6.92 Å². The Kier molecular flexibility index (Phi) is 7.05. The van der Waals surface area contributed by atoms with E-state index in [0.29, 0.717) is 16.5 Å². The van der Waals surface area contributed by atoms with Crippen LogP contribution in [0.25, 0.3) is 0 Å². The predicted octanol–water partition coefficient (Wildman–Crippen LogP) is 3.55. The Balaban J connectivity index is 1.52. The molecule has 2 aromatic carbocycles. The van der Waals surface area contributed by atoms with Crippen molar-refractivity contribution in [1.82, 2.24) is 20.1 Å². The standard InChI is InChI=1S/C20H20BrN5O2S/c1-13-5-3-6-14(9-13)19(28)22-11-17-24-25-20(26(17)2)29-12-18(27)23-16-8-4-7-15(21)10-16/h3-10H,11-12H2,1-2H3,(H,22,28)(H,23,27). The largest absolute Gasteiger partial charge is 0.345 e. The van der Waals surface area contributed by atoms with Crippen molar-refractivity contribution in [3.05, 3.63) is 70.0 Å². The van der Waals surface area contributed by atoms with Gasteiger partial charge in [0.2, 0.25) is 5.91 Å². The van der Waals surface area contributed by atoms with Crippen LogP contribution in [0.2, 0.25) is 0 Å². The quantitative estimate of drug-likeness (QED) is 0.512. The Bertz CT molecular complexity index is 1040. The first-order chi connectivity index (χ1) is 13.9. The van der Waals surface area contributed by atoms with E-state index in [2.05, 4.69) is 36.8 Å². The van der Waals surface area contributed by atoms with Crippen molar-refractivity contribution >= 4 is 45.2 Å². The van der Waals surface area contributed by atoms with Gasteiger partial charge in [-0.15, -0.1) is 10.2 Å². The highest BCUT2D eigenvalue weighted by Gasteiger charge is 2.13. The van der Waals surface area contributed by atoms with Gasteiger partial charge in [-0.1, -0.05) is 51.5 Å². The highest BCUT2D eigenvalue weighted by Crippen LogP contribution is 2.18. The first kappa shape index (κ1) is 21.1. The second kappa shape index (κ2) is 9.71. The number of aryl methyl sites for hydroxylation is 1. The molecule has 0 aliphatic carbocycles. The number of halogens is 1. The average Bonchev–Trinajstić information content (AvgIpc) is 3.04. The number of carbonyl (C=O) groups is 2. The molecule has 0 atom stereocenters. The van der Waals surface area contributed by atoms with Crippen molar-refractivity contribution < 1.29 is 9.59 Å². The maximum Gasteiger partial charge on any atom is 0.251 e. The summed E-state index contributed by atoms with van der Waals surface area (Å²) in [6, 6.07) is 14.8. The summed E-state index contributed by atoms with van der Waals surface area (Å²) in [5, 5.41) is 14.5. The minimum Gasteiger partial charge on any atom is -0.345 e. The number of benzene rings is 2. The third-order valence-electron chi connectivity index (χ3n) is 4.05. The lowest BCUT2D eigenvalue weighted by Gasteiger charge is -2.07. The summed E-state index contributed by atoms with van der Waals surface area (Å²) in [6.07, 6.45) is 0. The molecule has 0 saturated carbocycles. The van der Waals surface area contributed by atoms with Gasteiger partial charge >= 0.3 is 0 Å². The summed E-state index contributed by atoms with van der Waals surface area (Å²) in [5.41, 5.74) is 2.35. The molecule has 0 aliphatic rings. The molecule has 1 aromatic heterocycles. The van der Waals surface area contributed by atoms with E-state index in [1.165, 1.54) is 11.8 Å². The zero-order valence-electron chi connectivity index (χ0n) is 16.0. The Morgan fingerprint density at radius 3 is 2.69 bits per heavy atom. The molecule has 29 heavy (non-hydrogen) atoms. The smallest absolute Gasteiger partial charge is 0.251 e. The lowest BCUT2D eigenvalue weighted by Crippen LogP contribution is -2.24. The molecule has 3 rings (SSSR count). The first-order valence-corrected chi connectivity index (χ1v) is 10.6. The molecular weight excluding hydrogens is 454 g/mol. The minimum atomic E-state index is -0.167. The number of thioether (sulfide) groups is 1. The SMILES string of the molecule is Cc1cccc(C(=O)NCc2nnc(SCC(=O)Nc3cccc(Br)c3)n2C)c1. The van der Waals surface area contributed by atoms with E-state index < -0.39 is 0 Å². The summed E-state index contributed by atoms with van der Waals surface area (Å²) in [6.45, 7) is 2.19. The van der Waals surface area contributed by atoms with Gasteiger partial charge in [0, 0.05) is 22.8 Å². The van der Waals surface area contributed by atoms with Gasteiger partial charge in [0.05, 0.1) is 12.3 Å². The van der Waals surface area contributed by atoms with Crippen molar-refractivity contribution in [3.63, 3.8) is 0 Å². The fraction of sp³-hybridized carbons (Fsp3) is 0.200. The Morgan fingerprint density at radius 1 is 1.14 bits per heavy atom. The van der Waals surface area contributed by atoms with E-state index in [9.17, 15) is 9.59 Å². The monoisotopic (exact) mass is 473 g/mol. The normalized spacial score (nSPS) is 10.6. The third-order valence-corrected chi connectivity index (χ3v) is 5.57. The van der Waals surface area contributed by atoms with E-state index in [0.717, 1.165) is 15.7 Å². The van der Waals surface area contributed by atoms with Crippen molar-refractivity contribution in [3.8, 4) is 0 Å². The molecular formula is C20H20BrN5O2S. The summed E-state index contributed by atoms with van der Waals surface area (Å²) in [5.74, 6) is 0.513. The van der Waals surface area contributed by atoms with Crippen LogP contribution in [0.3, 0.4) is 0 Å². The minimum absolute atomic E-state index is 0.134. The number of amides is 2. The molecule has 1 heterocycles. The molecule has 0 bridgehead atoms. The van der Waals surface area contributed by atoms with E-state index in [1.807, 2.05) is 56.4 Å². The average molecular weight is 474 g/mol. The first-order valence-electron chi connectivity index (χ1n) is 8.84. The van der Waals surface area contributed by atoms with E-state index >= 15 is 0 Å². The van der Waals surface area contributed by atoms with Gasteiger partial charge in [0.1, 0.15) is 0 Å². The topological polar surface area (TPSA) is 88.9 Å². The molecule has 0 aliphatic heterocycles. The van der Waals surface area contributed by atoms with Crippen LogP contribution >= 0.6 is 27.7 Å². The Hall–Kier alpha value is -2.65. The van der Waals surface area contributed by atoms with Crippen molar-refractivity contribution in [2.45, 2.75) is 18.6 Å². The molecule has 0 fully saturated rings. The van der Waals surface area contributed by atoms with Crippen LogP contribution in [0.4, 0.5) is 5.69 Å². The zero-order valence-corrected chi connectivity index (χ0v) is 18.4. The maximum atomic E-state index is 12.3.